The molecule has 120 valence electrons. The fraction of sp³-hybridized carbons (Fsp3) is 0.0909. The van der Waals surface area contributed by atoms with Gasteiger partial charge in [0.2, 0.25) is 0 Å². The molecule has 25 heavy (non-hydrogen) atoms. The highest BCUT2D eigenvalue weighted by Gasteiger charge is 2.27. The Morgan fingerprint density at radius 1 is 0.960 bits per heavy atom. The number of halogens is 1. The summed E-state index contributed by atoms with van der Waals surface area (Å²) < 4.78 is 2.53. The third kappa shape index (κ3) is 2.49. The van der Waals surface area contributed by atoms with Gasteiger partial charge in [-0.1, -0.05) is 76.0 Å². The number of allylic oxidation sites excluding steroid dienone is 5. The van der Waals surface area contributed by atoms with Crippen LogP contribution in [0.15, 0.2) is 71.3 Å². The van der Waals surface area contributed by atoms with E-state index in [4.69, 9.17) is 0 Å². The van der Waals surface area contributed by atoms with Crippen LogP contribution in [0.3, 0.4) is 0 Å². The average molecular weight is 403 g/mol. The summed E-state index contributed by atoms with van der Waals surface area (Å²) in [4.78, 5) is 1.50. The Morgan fingerprint density at radius 3 is 2.76 bits per heavy atom. The van der Waals surface area contributed by atoms with Crippen LogP contribution in [0.5, 0.6) is 0 Å². The second-order valence-electron chi connectivity index (χ2n) is 6.81. The molecule has 2 atom stereocenters. The molecule has 3 heteroatoms. The Kier molecular flexibility index (Phi) is 3.61. The van der Waals surface area contributed by atoms with Gasteiger partial charge in [0, 0.05) is 31.3 Å². The van der Waals surface area contributed by atoms with Crippen molar-refractivity contribution in [1.29, 1.82) is 0 Å². The number of rotatable bonds is 1. The van der Waals surface area contributed by atoms with Gasteiger partial charge in [-0.05, 0) is 34.9 Å². The van der Waals surface area contributed by atoms with Crippen molar-refractivity contribution in [2.24, 2.45) is 5.92 Å². The van der Waals surface area contributed by atoms with Crippen LogP contribution in [0, 0.1) is 5.92 Å². The summed E-state index contributed by atoms with van der Waals surface area (Å²) in [5.74, 6) is 1.01. The highest BCUT2D eigenvalue weighted by atomic mass is 79.9. The molecule has 0 N–H and O–H groups in total. The van der Waals surface area contributed by atoms with E-state index < -0.39 is 0 Å². The first-order valence-electron chi connectivity index (χ1n) is 8.57. The van der Waals surface area contributed by atoms with E-state index in [1.54, 1.807) is 0 Å². The van der Waals surface area contributed by atoms with Crippen molar-refractivity contribution < 1.29 is 0 Å². The van der Waals surface area contributed by atoms with Crippen LogP contribution >= 0.6 is 27.3 Å². The van der Waals surface area contributed by atoms with Crippen LogP contribution in [-0.4, -0.2) is 7.85 Å². The molecule has 2 aliphatic rings. The van der Waals surface area contributed by atoms with E-state index in [2.05, 4.69) is 96.6 Å². The van der Waals surface area contributed by atoms with Gasteiger partial charge in [0.1, 0.15) is 7.85 Å². The molecule has 0 nitrogen and oxygen atoms in total. The lowest BCUT2D eigenvalue weighted by atomic mass is 9.81. The van der Waals surface area contributed by atoms with Crippen LogP contribution in [0.1, 0.15) is 16.4 Å². The monoisotopic (exact) mass is 402 g/mol. The van der Waals surface area contributed by atoms with Gasteiger partial charge in [-0.3, -0.25) is 0 Å². The Balaban J connectivity index is 1.70. The van der Waals surface area contributed by atoms with E-state index in [1.807, 2.05) is 11.3 Å². The summed E-state index contributed by atoms with van der Waals surface area (Å²) in [6.07, 6.45) is 13.7. The fourth-order valence-corrected chi connectivity index (χ4v) is 5.65. The SMILES string of the molecule is Bc1ccc(Br)c(-c2ccc3sc4c(c3c2)C=CC2C=CC=CC42)c1. The average Bonchev–Trinajstić information content (AvgIpc) is 3.02. The molecule has 2 aromatic carbocycles. The maximum absolute atomic E-state index is 3.71. The van der Waals surface area contributed by atoms with Crippen molar-refractivity contribution in [1.82, 2.24) is 0 Å². The van der Waals surface area contributed by atoms with Gasteiger partial charge >= 0.3 is 0 Å². The summed E-state index contributed by atoms with van der Waals surface area (Å²) in [6.45, 7) is 0. The number of thiophene rings is 1. The number of benzene rings is 2. The lowest BCUT2D eigenvalue weighted by Crippen LogP contribution is -2.11. The van der Waals surface area contributed by atoms with Gasteiger partial charge in [-0.2, -0.15) is 0 Å². The molecule has 0 saturated carbocycles. The first-order valence-corrected chi connectivity index (χ1v) is 10.2. The molecule has 0 saturated heterocycles. The van der Waals surface area contributed by atoms with Gasteiger partial charge < -0.3 is 0 Å². The summed E-state index contributed by atoms with van der Waals surface area (Å²) in [6, 6.07) is 13.4. The van der Waals surface area contributed by atoms with Crippen molar-refractivity contribution in [3.8, 4) is 11.1 Å². The maximum atomic E-state index is 3.71. The lowest BCUT2D eigenvalue weighted by molar-refractivity contribution is 0.705. The van der Waals surface area contributed by atoms with Crippen LogP contribution in [0.2, 0.25) is 0 Å². The summed E-state index contributed by atoms with van der Waals surface area (Å²) >= 11 is 5.66. The summed E-state index contributed by atoms with van der Waals surface area (Å²) in [5.41, 5.74) is 5.23. The highest BCUT2D eigenvalue weighted by molar-refractivity contribution is 9.10. The van der Waals surface area contributed by atoms with E-state index in [9.17, 15) is 0 Å². The smallest absolute Gasteiger partial charge is 0.139 e. The largest absolute Gasteiger partial charge is 0.139 e. The van der Waals surface area contributed by atoms with Gasteiger partial charge in [0.15, 0.2) is 0 Å². The van der Waals surface area contributed by atoms with Gasteiger partial charge in [0.05, 0.1) is 0 Å². The summed E-state index contributed by atoms with van der Waals surface area (Å²) in [7, 11) is 2.15. The van der Waals surface area contributed by atoms with Crippen LogP contribution in [-0.2, 0) is 0 Å². The van der Waals surface area contributed by atoms with E-state index in [0.29, 0.717) is 11.8 Å². The minimum atomic E-state index is 0.497. The Bertz CT molecular complexity index is 1090. The third-order valence-corrected chi connectivity index (χ3v) is 7.13. The molecular formula is C22H16BBrS. The predicted octanol–water partition coefficient (Wildman–Crippen LogP) is 5.44. The molecule has 0 amide bonds. The molecular weight excluding hydrogens is 387 g/mol. The molecule has 3 aromatic rings. The quantitative estimate of drug-likeness (QED) is 0.475. The Labute approximate surface area is 161 Å². The molecule has 0 aliphatic heterocycles. The van der Waals surface area contributed by atoms with Crippen LogP contribution in [0.25, 0.3) is 27.3 Å². The van der Waals surface area contributed by atoms with Crippen molar-refractivity contribution >= 4 is 56.7 Å². The van der Waals surface area contributed by atoms with Crippen LogP contribution in [0.4, 0.5) is 0 Å². The number of hydrogen-bond acceptors (Lipinski definition) is 1. The molecule has 1 aromatic heterocycles. The molecule has 1 heterocycles. The maximum Gasteiger partial charge on any atom is 0.139 e. The second-order valence-corrected chi connectivity index (χ2v) is 8.74. The molecule has 0 spiro atoms. The molecule has 5 rings (SSSR count). The molecule has 2 unspecified atom stereocenters. The minimum Gasteiger partial charge on any atom is -0.139 e. The predicted molar refractivity (Wildman–Crippen MR) is 117 cm³/mol. The first kappa shape index (κ1) is 15.4. The second kappa shape index (κ2) is 5.86. The Morgan fingerprint density at radius 2 is 1.84 bits per heavy atom. The zero-order valence-electron chi connectivity index (χ0n) is 13.9. The first-order chi connectivity index (χ1) is 12.2. The number of hydrogen-bond donors (Lipinski definition) is 0. The van der Waals surface area contributed by atoms with Gasteiger partial charge in [-0.25, -0.2) is 0 Å². The van der Waals surface area contributed by atoms with Crippen molar-refractivity contribution in [2.45, 2.75) is 5.92 Å². The standard InChI is InChI=1S/C22H16BBrS/c23-15-7-9-20(24)18(12-15)14-6-10-21-19(11-14)17-8-5-13-3-1-2-4-16(13)22(17)25-21/h1-13,16H,23H2. The Hall–Kier alpha value is -1.84. The summed E-state index contributed by atoms with van der Waals surface area (Å²) in [5, 5.41) is 1.38. The van der Waals surface area contributed by atoms with Crippen molar-refractivity contribution in [3.63, 3.8) is 0 Å². The van der Waals surface area contributed by atoms with E-state index in [0.717, 1.165) is 4.47 Å². The number of fused-ring (bicyclic) bond motifs is 5. The van der Waals surface area contributed by atoms with E-state index >= 15 is 0 Å². The van der Waals surface area contributed by atoms with E-state index in [1.165, 1.54) is 37.1 Å². The van der Waals surface area contributed by atoms with Crippen molar-refractivity contribution in [3.05, 3.63) is 81.7 Å². The third-order valence-electron chi connectivity index (χ3n) is 5.15. The zero-order valence-corrected chi connectivity index (χ0v) is 16.3. The minimum absolute atomic E-state index is 0.497. The molecule has 0 bridgehead atoms. The highest BCUT2D eigenvalue weighted by Crippen LogP contribution is 2.46. The van der Waals surface area contributed by atoms with Crippen LogP contribution < -0.4 is 5.46 Å². The zero-order chi connectivity index (χ0) is 17.0. The topological polar surface area (TPSA) is 0 Å². The molecule has 2 aliphatic carbocycles. The molecule has 0 fully saturated rings. The van der Waals surface area contributed by atoms with E-state index in [-0.39, 0.29) is 0 Å². The molecule has 0 radical (unpaired) electrons. The van der Waals surface area contributed by atoms with Gasteiger partial charge in [-0.15, -0.1) is 11.3 Å². The fourth-order valence-electron chi connectivity index (χ4n) is 3.86. The normalized spacial score (nSPS) is 20.7. The van der Waals surface area contributed by atoms with Gasteiger partial charge in [0.25, 0.3) is 0 Å². The van der Waals surface area contributed by atoms with Crippen molar-refractivity contribution in [2.75, 3.05) is 0 Å². The lowest BCUT2D eigenvalue weighted by Gasteiger charge is -2.24.